The van der Waals surface area contributed by atoms with E-state index in [4.69, 9.17) is 4.52 Å². The number of aliphatic hydroxyl groups is 1. The number of carbonyl (C=O) groups excluding carboxylic acids is 1. The van der Waals surface area contributed by atoms with Crippen LogP contribution in [0.25, 0.3) is 5.82 Å². The normalized spacial score (nSPS) is 16.5. The van der Waals surface area contributed by atoms with Gasteiger partial charge in [-0.15, -0.1) is 0 Å². The molecule has 24 heavy (non-hydrogen) atoms. The molecule has 130 valence electrons. The first kappa shape index (κ1) is 16.8. The van der Waals surface area contributed by atoms with Crippen LogP contribution in [0.5, 0.6) is 0 Å². The third kappa shape index (κ3) is 3.24. The molecule has 2 aromatic heterocycles. The average Bonchev–Trinajstić information content (AvgIpc) is 3.26. The first-order valence-corrected chi connectivity index (χ1v) is 8.56. The smallest absolute Gasteiger partial charge is 0.253 e. The summed E-state index contributed by atoms with van der Waals surface area (Å²) in [5.41, 5.74) is 2.34. The van der Waals surface area contributed by atoms with E-state index in [1.165, 1.54) is 12.8 Å². The van der Waals surface area contributed by atoms with Crippen molar-refractivity contribution in [1.82, 2.24) is 15.0 Å². The molecule has 0 saturated heterocycles. The molecule has 6 heteroatoms. The molecule has 1 atom stereocenters. The van der Waals surface area contributed by atoms with Gasteiger partial charge in [-0.05, 0) is 45.6 Å². The molecule has 1 aliphatic carbocycles. The highest BCUT2D eigenvalue weighted by molar-refractivity contribution is 5.95. The highest BCUT2D eigenvalue weighted by Gasteiger charge is 2.24. The lowest BCUT2D eigenvalue weighted by atomic mass is 10.0. The fourth-order valence-electron chi connectivity index (χ4n) is 3.61. The Morgan fingerprint density at radius 1 is 1.38 bits per heavy atom. The summed E-state index contributed by atoms with van der Waals surface area (Å²) < 4.78 is 7.03. The Morgan fingerprint density at radius 3 is 2.71 bits per heavy atom. The Hall–Kier alpha value is -2.08. The van der Waals surface area contributed by atoms with Gasteiger partial charge in [-0.2, -0.15) is 0 Å². The van der Waals surface area contributed by atoms with Gasteiger partial charge < -0.3 is 14.9 Å². The highest BCUT2D eigenvalue weighted by Crippen LogP contribution is 2.27. The number of aryl methyl sites for hydroxylation is 2. The molecule has 1 unspecified atom stereocenters. The topological polar surface area (TPSA) is 80.3 Å². The molecule has 3 rings (SSSR count). The van der Waals surface area contributed by atoms with Gasteiger partial charge in [-0.25, -0.2) is 0 Å². The number of hydrogen-bond acceptors (Lipinski definition) is 4. The Kier molecular flexibility index (Phi) is 4.76. The largest absolute Gasteiger partial charge is 0.391 e. The van der Waals surface area contributed by atoms with E-state index in [0.717, 1.165) is 30.0 Å². The van der Waals surface area contributed by atoms with Crippen molar-refractivity contribution in [1.29, 1.82) is 0 Å². The molecule has 2 heterocycles. The van der Waals surface area contributed by atoms with Crippen molar-refractivity contribution in [2.24, 2.45) is 5.92 Å². The van der Waals surface area contributed by atoms with Crippen LogP contribution in [-0.2, 0) is 0 Å². The van der Waals surface area contributed by atoms with E-state index in [1.807, 2.05) is 37.5 Å². The van der Waals surface area contributed by atoms with Crippen LogP contribution in [0.2, 0.25) is 0 Å². The SMILES string of the molecule is Cc1cc(-n2c(C)cc(C(=O)NCC(O)C3CCCC3)c2C)no1. The molecule has 0 spiro atoms. The zero-order valence-corrected chi connectivity index (χ0v) is 14.5. The Balaban J connectivity index is 1.71. The van der Waals surface area contributed by atoms with E-state index in [1.54, 1.807) is 0 Å². The predicted molar refractivity (Wildman–Crippen MR) is 90.3 cm³/mol. The Bertz CT molecular complexity index is 726. The highest BCUT2D eigenvalue weighted by atomic mass is 16.5. The number of amides is 1. The van der Waals surface area contributed by atoms with Gasteiger partial charge in [0.05, 0.1) is 11.7 Å². The number of aromatic nitrogens is 2. The van der Waals surface area contributed by atoms with Gasteiger partial charge in [0.2, 0.25) is 0 Å². The van der Waals surface area contributed by atoms with E-state index in [0.29, 0.717) is 23.8 Å². The van der Waals surface area contributed by atoms with Crippen molar-refractivity contribution < 1.29 is 14.4 Å². The molecular formula is C18H25N3O3. The maximum Gasteiger partial charge on any atom is 0.253 e. The van der Waals surface area contributed by atoms with Crippen molar-refractivity contribution in [2.75, 3.05) is 6.54 Å². The molecule has 1 aliphatic rings. The van der Waals surface area contributed by atoms with Crippen LogP contribution >= 0.6 is 0 Å². The van der Waals surface area contributed by atoms with Crippen molar-refractivity contribution in [3.05, 3.63) is 34.8 Å². The first-order chi connectivity index (χ1) is 11.5. The summed E-state index contributed by atoms with van der Waals surface area (Å²) in [4.78, 5) is 12.5. The quantitative estimate of drug-likeness (QED) is 0.883. The van der Waals surface area contributed by atoms with Gasteiger partial charge in [0.15, 0.2) is 5.82 Å². The summed E-state index contributed by atoms with van der Waals surface area (Å²) in [5.74, 6) is 1.55. The summed E-state index contributed by atoms with van der Waals surface area (Å²) in [6.45, 7) is 5.96. The third-order valence-electron chi connectivity index (χ3n) is 4.94. The lowest BCUT2D eigenvalue weighted by Gasteiger charge is -2.18. The van der Waals surface area contributed by atoms with E-state index in [-0.39, 0.29) is 5.91 Å². The summed E-state index contributed by atoms with van der Waals surface area (Å²) in [5, 5.41) is 17.1. The van der Waals surface area contributed by atoms with E-state index >= 15 is 0 Å². The van der Waals surface area contributed by atoms with Crippen LogP contribution < -0.4 is 5.32 Å². The molecule has 0 bridgehead atoms. The van der Waals surface area contributed by atoms with Crippen molar-refractivity contribution in [2.45, 2.75) is 52.6 Å². The van der Waals surface area contributed by atoms with Gasteiger partial charge in [0.25, 0.3) is 5.91 Å². The van der Waals surface area contributed by atoms with E-state index < -0.39 is 6.10 Å². The fourth-order valence-corrected chi connectivity index (χ4v) is 3.61. The number of nitrogens with zero attached hydrogens (tertiary/aromatic N) is 2. The van der Waals surface area contributed by atoms with Crippen LogP contribution in [0, 0.1) is 26.7 Å². The van der Waals surface area contributed by atoms with Gasteiger partial charge >= 0.3 is 0 Å². The zero-order chi connectivity index (χ0) is 17.3. The molecule has 0 aliphatic heterocycles. The second-order valence-corrected chi connectivity index (χ2v) is 6.74. The van der Waals surface area contributed by atoms with Crippen LogP contribution in [0.3, 0.4) is 0 Å². The van der Waals surface area contributed by atoms with Crippen molar-refractivity contribution in [3.8, 4) is 5.82 Å². The van der Waals surface area contributed by atoms with E-state index in [9.17, 15) is 9.90 Å². The summed E-state index contributed by atoms with van der Waals surface area (Å²) in [6, 6.07) is 3.68. The minimum atomic E-state index is -0.460. The summed E-state index contributed by atoms with van der Waals surface area (Å²) in [6.07, 6.45) is 3.99. The number of aliphatic hydroxyl groups excluding tert-OH is 1. The predicted octanol–water partition coefficient (Wildman–Crippen LogP) is 2.67. The van der Waals surface area contributed by atoms with Crippen LogP contribution in [0.4, 0.5) is 0 Å². The Labute approximate surface area is 141 Å². The van der Waals surface area contributed by atoms with Crippen LogP contribution in [-0.4, -0.2) is 33.4 Å². The summed E-state index contributed by atoms with van der Waals surface area (Å²) in [7, 11) is 0. The van der Waals surface area contributed by atoms with Crippen LogP contribution in [0.1, 0.15) is 53.2 Å². The molecule has 2 aromatic rings. The zero-order valence-electron chi connectivity index (χ0n) is 14.5. The number of nitrogens with one attached hydrogen (secondary N) is 1. The van der Waals surface area contributed by atoms with Gasteiger partial charge in [-0.1, -0.05) is 18.0 Å². The molecule has 2 N–H and O–H groups in total. The van der Waals surface area contributed by atoms with Gasteiger partial charge in [-0.3, -0.25) is 9.36 Å². The molecule has 1 amide bonds. The van der Waals surface area contributed by atoms with E-state index in [2.05, 4.69) is 10.5 Å². The standard InChI is InChI=1S/C18H25N3O3/c1-11-8-15(13(3)21(11)17-9-12(2)24-20-17)18(23)19-10-16(22)14-6-4-5-7-14/h8-9,14,16,22H,4-7,10H2,1-3H3,(H,19,23). The van der Waals surface area contributed by atoms with Crippen molar-refractivity contribution >= 4 is 5.91 Å². The average molecular weight is 331 g/mol. The Morgan fingerprint density at radius 2 is 2.08 bits per heavy atom. The lowest BCUT2D eigenvalue weighted by Crippen LogP contribution is -2.35. The molecule has 1 fully saturated rings. The first-order valence-electron chi connectivity index (χ1n) is 8.56. The minimum Gasteiger partial charge on any atom is -0.391 e. The molecule has 1 saturated carbocycles. The lowest BCUT2D eigenvalue weighted by molar-refractivity contribution is 0.0840. The number of hydrogen-bond donors (Lipinski definition) is 2. The second kappa shape index (κ2) is 6.81. The molecular weight excluding hydrogens is 306 g/mol. The second-order valence-electron chi connectivity index (χ2n) is 6.74. The monoisotopic (exact) mass is 331 g/mol. The van der Waals surface area contributed by atoms with Crippen LogP contribution in [0.15, 0.2) is 16.7 Å². The third-order valence-corrected chi connectivity index (χ3v) is 4.94. The fraction of sp³-hybridized carbons (Fsp3) is 0.556. The maximum absolute atomic E-state index is 12.5. The minimum absolute atomic E-state index is 0.161. The van der Waals surface area contributed by atoms with Gasteiger partial charge in [0, 0.05) is 24.0 Å². The maximum atomic E-state index is 12.5. The number of carbonyl (C=O) groups is 1. The number of rotatable bonds is 5. The molecule has 0 radical (unpaired) electrons. The molecule has 0 aromatic carbocycles. The molecule has 6 nitrogen and oxygen atoms in total. The van der Waals surface area contributed by atoms with Gasteiger partial charge in [0.1, 0.15) is 5.76 Å². The van der Waals surface area contributed by atoms with Crippen molar-refractivity contribution in [3.63, 3.8) is 0 Å². The summed E-state index contributed by atoms with van der Waals surface area (Å²) >= 11 is 0.